The summed E-state index contributed by atoms with van der Waals surface area (Å²) < 4.78 is 0. The molecule has 0 bridgehead atoms. The molecule has 0 unspecified atom stereocenters. The first-order valence-corrected chi connectivity index (χ1v) is 3.47. The molecular formula is C8H11NO. The molecule has 0 saturated carbocycles. The Morgan fingerprint density at radius 3 is 2.70 bits per heavy atom. The second-order valence-electron chi connectivity index (χ2n) is 2.71. The molecule has 1 heterocycles. The minimum absolute atomic E-state index is 0.101. The van der Waals surface area contributed by atoms with E-state index in [1.165, 1.54) is 6.21 Å². The quantitative estimate of drug-likeness (QED) is 0.539. The molecule has 0 atom stereocenters. The van der Waals surface area contributed by atoms with Gasteiger partial charge in [-0.15, -0.1) is 0 Å². The molecule has 0 N–H and O–H groups in total. The van der Waals surface area contributed by atoms with Crippen LogP contribution in [0.3, 0.4) is 0 Å². The van der Waals surface area contributed by atoms with E-state index >= 15 is 0 Å². The Bertz CT molecular complexity index is 201. The minimum atomic E-state index is 0.101. The number of ketones is 1. The molecule has 0 radical (unpaired) electrons. The highest BCUT2D eigenvalue weighted by molar-refractivity contribution is 6.28. The van der Waals surface area contributed by atoms with Crippen LogP contribution in [0.25, 0.3) is 0 Å². The lowest BCUT2D eigenvalue weighted by molar-refractivity contribution is -0.111. The first-order chi connectivity index (χ1) is 4.70. The molecule has 0 aromatic rings. The Morgan fingerprint density at radius 2 is 2.30 bits per heavy atom. The fraction of sp³-hybridized carbons (Fsp3) is 0.500. The maximum absolute atomic E-state index is 10.6. The van der Waals surface area contributed by atoms with Crippen molar-refractivity contribution in [2.75, 3.05) is 0 Å². The van der Waals surface area contributed by atoms with Crippen LogP contribution < -0.4 is 0 Å². The molecule has 1 rings (SSSR count). The van der Waals surface area contributed by atoms with Crippen LogP contribution in [-0.4, -0.2) is 12.0 Å². The van der Waals surface area contributed by atoms with Gasteiger partial charge in [0.1, 0.15) is 0 Å². The Morgan fingerprint density at radius 1 is 1.60 bits per heavy atom. The van der Waals surface area contributed by atoms with Crippen LogP contribution in [0.5, 0.6) is 0 Å². The highest BCUT2D eigenvalue weighted by Crippen LogP contribution is 2.13. The van der Waals surface area contributed by atoms with Crippen molar-refractivity contribution in [3.05, 3.63) is 11.8 Å². The minimum Gasteiger partial charge on any atom is -0.293 e. The lowest BCUT2D eigenvalue weighted by Gasteiger charge is -2.07. The van der Waals surface area contributed by atoms with Gasteiger partial charge in [-0.05, 0) is 5.92 Å². The molecule has 10 heavy (non-hydrogen) atoms. The zero-order valence-electron chi connectivity index (χ0n) is 6.29. The second-order valence-corrected chi connectivity index (χ2v) is 2.71. The first-order valence-electron chi connectivity index (χ1n) is 3.47. The van der Waals surface area contributed by atoms with Crippen molar-refractivity contribution in [3.8, 4) is 0 Å². The number of hydrogen-bond acceptors (Lipinski definition) is 2. The van der Waals surface area contributed by atoms with E-state index in [0.717, 1.165) is 5.70 Å². The van der Waals surface area contributed by atoms with Crippen LogP contribution in [0.4, 0.5) is 0 Å². The lowest BCUT2D eigenvalue weighted by atomic mass is 10.1. The van der Waals surface area contributed by atoms with Crippen molar-refractivity contribution in [2.24, 2.45) is 10.9 Å². The summed E-state index contributed by atoms with van der Waals surface area (Å²) in [5, 5.41) is 0. The fourth-order valence-electron chi connectivity index (χ4n) is 0.842. The molecule has 0 aromatic carbocycles. The van der Waals surface area contributed by atoms with E-state index in [2.05, 4.69) is 18.8 Å². The van der Waals surface area contributed by atoms with Gasteiger partial charge < -0.3 is 0 Å². The fourth-order valence-corrected chi connectivity index (χ4v) is 0.842. The van der Waals surface area contributed by atoms with Gasteiger partial charge in [-0.1, -0.05) is 19.9 Å². The molecule has 2 nitrogen and oxygen atoms in total. The summed E-state index contributed by atoms with van der Waals surface area (Å²) in [6.45, 7) is 4.14. The predicted octanol–water partition coefficient (Wildman–Crippen LogP) is 1.57. The van der Waals surface area contributed by atoms with Crippen LogP contribution in [0, 0.1) is 5.92 Å². The van der Waals surface area contributed by atoms with Crippen molar-refractivity contribution in [3.63, 3.8) is 0 Å². The summed E-state index contributed by atoms with van der Waals surface area (Å²) in [6.07, 6.45) is 3.83. The molecule has 1 aliphatic heterocycles. The number of nitrogens with zero attached hydrogens (tertiary/aromatic N) is 1. The average Bonchev–Trinajstić information content (AvgIpc) is 1.88. The van der Waals surface area contributed by atoms with Gasteiger partial charge in [-0.25, -0.2) is 0 Å². The van der Waals surface area contributed by atoms with E-state index in [0.29, 0.717) is 12.3 Å². The van der Waals surface area contributed by atoms with E-state index in [-0.39, 0.29) is 5.78 Å². The molecule has 0 fully saturated rings. The van der Waals surface area contributed by atoms with Gasteiger partial charge in [0.2, 0.25) is 0 Å². The smallest absolute Gasteiger partial charge is 0.177 e. The Labute approximate surface area is 60.7 Å². The van der Waals surface area contributed by atoms with Crippen molar-refractivity contribution in [1.29, 1.82) is 0 Å². The number of rotatable bonds is 1. The number of hydrogen-bond donors (Lipinski definition) is 0. The normalized spacial score (nSPS) is 17.9. The van der Waals surface area contributed by atoms with E-state index in [9.17, 15) is 4.79 Å². The third-order valence-electron chi connectivity index (χ3n) is 1.46. The van der Waals surface area contributed by atoms with Crippen LogP contribution in [0.2, 0.25) is 0 Å². The molecule has 1 aliphatic rings. The monoisotopic (exact) mass is 137 g/mol. The van der Waals surface area contributed by atoms with Crippen LogP contribution in [0.15, 0.2) is 16.8 Å². The molecule has 54 valence electrons. The highest BCUT2D eigenvalue weighted by Gasteiger charge is 2.06. The zero-order valence-corrected chi connectivity index (χ0v) is 6.29. The lowest BCUT2D eigenvalue weighted by Crippen LogP contribution is -2.05. The van der Waals surface area contributed by atoms with E-state index in [4.69, 9.17) is 0 Å². The van der Waals surface area contributed by atoms with Crippen LogP contribution >= 0.6 is 0 Å². The summed E-state index contributed by atoms with van der Waals surface area (Å²) >= 11 is 0. The molecule has 0 spiro atoms. The highest BCUT2D eigenvalue weighted by atomic mass is 16.1. The Kier molecular flexibility index (Phi) is 2.00. The topological polar surface area (TPSA) is 29.4 Å². The molecule has 0 amide bonds. The van der Waals surface area contributed by atoms with Gasteiger partial charge in [-0.3, -0.25) is 9.79 Å². The summed E-state index contributed by atoms with van der Waals surface area (Å²) in [5.74, 6) is 0.536. The maximum atomic E-state index is 10.6. The number of carbonyl (C=O) groups is 1. The second kappa shape index (κ2) is 2.78. The maximum Gasteiger partial charge on any atom is 0.177 e. The van der Waals surface area contributed by atoms with Crippen LogP contribution in [0.1, 0.15) is 20.3 Å². The molecule has 0 aliphatic carbocycles. The number of allylic oxidation sites excluding steroid dienone is 2. The summed E-state index contributed by atoms with van der Waals surface area (Å²) in [5.41, 5.74) is 1.03. The summed E-state index contributed by atoms with van der Waals surface area (Å²) in [4.78, 5) is 14.6. The van der Waals surface area contributed by atoms with Crippen molar-refractivity contribution in [1.82, 2.24) is 0 Å². The van der Waals surface area contributed by atoms with Gasteiger partial charge >= 0.3 is 0 Å². The molecule has 0 saturated heterocycles. The van der Waals surface area contributed by atoms with Crippen LogP contribution in [-0.2, 0) is 4.79 Å². The zero-order chi connectivity index (χ0) is 7.56. The SMILES string of the molecule is CC(C)C1=CCC(=O)C=N1. The van der Waals surface area contributed by atoms with Crippen molar-refractivity contribution in [2.45, 2.75) is 20.3 Å². The standard InChI is InChI=1S/C8H11NO/c1-6(2)8-4-3-7(10)5-9-8/h4-6H,3H2,1-2H3. The van der Waals surface area contributed by atoms with Gasteiger partial charge in [0, 0.05) is 12.1 Å². The third kappa shape index (κ3) is 1.53. The summed E-state index contributed by atoms with van der Waals surface area (Å²) in [6, 6.07) is 0. The van der Waals surface area contributed by atoms with Gasteiger partial charge in [0.25, 0.3) is 0 Å². The number of carbonyl (C=O) groups excluding carboxylic acids is 1. The Hall–Kier alpha value is -0.920. The van der Waals surface area contributed by atoms with Crippen molar-refractivity contribution < 1.29 is 4.79 Å². The van der Waals surface area contributed by atoms with Gasteiger partial charge in [0.05, 0.1) is 6.21 Å². The first kappa shape index (κ1) is 7.19. The predicted molar refractivity (Wildman–Crippen MR) is 41.0 cm³/mol. The largest absolute Gasteiger partial charge is 0.293 e. The number of Topliss-reactive ketones (excluding diaryl/α,β-unsaturated/α-hetero) is 1. The number of aliphatic imine (C=N–C) groups is 1. The Balaban J connectivity index is 2.67. The van der Waals surface area contributed by atoms with Gasteiger partial charge in [0.15, 0.2) is 5.78 Å². The van der Waals surface area contributed by atoms with E-state index in [1.807, 2.05) is 6.08 Å². The molecule has 0 aromatic heterocycles. The third-order valence-corrected chi connectivity index (χ3v) is 1.46. The van der Waals surface area contributed by atoms with Gasteiger partial charge in [-0.2, -0.15) is 0 Å². The van der Waals surface area contributed by atoms with E-state index in [1.54, 1.807) is 0 Å². The average molecular weight is 137 g/mol. The molecular weight excluding hydrogens is 126 g/mol. The van der Waals surface area contributed by atoms with E-state index < -0.39 is 0 Å². The molecule has 2 heteroatoms. The van der Waals surface area contributed by atoms with Crippen molar-refractivity contribution >= 4 is 12.0 Å². The summed E-state index contributed by atoms with van der Waals surface area (Å²) in [7, 11) is 0.